The van der Waals surface area contributed by atoms with Gasteiger partial charge in [-0.2, -0.15) is 0 Å². The molecule has 0 aromatic heterocycles. The maximum absolute atomic E-state index is 11.9. The standard InChI is InChI=1S/C13H23NO5/c1-5-7-18-11(15)10-9-14(6-8-17-10)12(16)19-13(2,3)4/h10H,5-9H2,1-4H3. The van der Waals surface area contributed by atoms with Crippen LogP contribution in [0.4, 0.5) is 4.79 Å². The largest absolute Gasteiger partial charge is 0.464 e. The van der Waals surface area contributed by atoms with Crippen LogP contribution >= 0.6 is 0 Å². The number of hydrogen-bond donors (Lipinski definition) is 0. The molecule has 1 saturated heterocycles. The fourth-order valence-electron chi connectivity index (χ4n) is 1.58. The van der Waals surface area contributed by atoms with Gasteiger partial charge in [-0.1, -0.05) is 6.92 Å². The maximum Gasteiger partial charge on any atom is 0.410 e. The molecule has 1 atom stereocenters. The molecule has 1 aliphatic heterocycles. The zero-order valence-electron chi connectivity index (χ0n) is 12.1. The normalized spacial score (nSPS) is 20.0. The summed E-state index contributed by atoms with van der Waals surface area (Å²) in [7, 11) is 0. The van der Waals surface area contributed by atoms with E-state index in [1.165, 1.54) is 4.90 Å². The number of nitrogens with zero attached hydrogens (tertiary/aromatic N) is 1. The van der Waals surface area contributed by atoms with Crippen molar-refractivity contribution in [1.82, 2.24) is 4.90 Å². The lowest BCUT2D eigenvalue weighted by Gasteiger charge is -2.33. The van der Waals surface area contributed by atoms with Crippen molar-refractivity contribution in [3.05, 3.63) is 0 Å². The summed E-state index contributed by atoms with van der Waals surface area (Å²) in [6.07, 6.45) is -0.384. The molecule has 1 fully saturated rings. The molecule has 1 unspecified atom stereocenters. The predicted molar refractivity (Wildman–Crippen MR) is 68.8 cm³/mol. The van der Waals surface area contributed by atoms with E-state index in [0.717, 1.165) is 6.42 Å². The van der Waals surface area contributed by atoms with Gasteiger partial charge in [0.25, 0.3) is 0 Å². The number of ether oxygens (including phenoxy) is 3. The second-order valence-electron chi connectivity index (χ2n) is 5.45. The van der Waals surface area contributed by atoms with E-state index in [1.807, 2.05) is 6.92 Å². The first-order valence-corrected chi connectivity index (χ1v) is 6.59. The van der Waals surface area contributed by atoms with Crippen LogP contribution in [-0.4, -0.2) is 55.0 Å². The molecule has 1 heterocycles. The lowest BCUT2D eigenvalue weighted by Crippen LogP contribution is -2.50. The Morgan fingerprint density at radius 1 is 1.37 bits per heavy atom. The van der Waals surface area contributed by atoms with Crippen molar-refractivity contribution in [2.45, 2.75) is 45.8 Å². The Kier molecular flexibility index (Phi) is 5.60. The number of carbonyl (C=O) groups is 2. The van der Waals surface area contributed by atoms with Gasteiger partial charge in [0.2, 0.25) is 0 Å². The summed E-state index contributed by atoms with van der Waals surface area (Å²) in [5, 5.41) is 0. The molecule has 19 heavy (non-hydrogen) atoms. The highest BCUT2D eigenvalue weighted by Gasteiger charge is 2.32. The first-order valence-electron chi connectivity index (χ1n) is 6.59. The topological polar surface area (TPSA) is 65.1 Å². The third-order valence-corrected chi connectivity index (χ3v) is 2.43. The highest BCUT2D eigenvalue weighted by Crippen LogP contribution is 2.13. The van der Waals surface area contributed by atoms with E-state index in [9.17, 15) is 9.59 Å². The van der Waals surface area contributed by atoms with Gasteiger partial charge in [0.05, 0.1) is 19.8 Å². The average Bonchev–Trinajstić information content (AvgIpc) is 2.34. The van der Waals surface area contributed by atoms with Crippen LogP contribution in [0.15, 0.2) is 0 Å². The number of morpholine rings is 1. The van der Waals surface area contributed by atoms with Crippen molar-refractivity contribution < 1.29 is 23.8 Å². The number of rotatable bonds is 3. The van der Waals surface area contributed by atoms with Crippen LogP contribution in [0.2, 0.25) is 0 Å². The van der Waals surface area contributed by atoms with E-state index in [1.54, 1.807) is 20.8 Å². The summed E-state index contributed by atoms with van der Waals surface area (Å²) >= 11 is 0. The number of amides is 1. The second-order valence-corrected chi connectivity index (χ2v) is 5.45. The van der Waals surface area contributed by atoms with E-state index >= 15 is 0 Å². The van der Waals surface area contributed by atoms with E-state index in [-0.39, 0.29) is 6.54 Å². The van der Waals surface area contributed by atoms with Crippen molar-refractivity contribution >= 4 is 12.1 Å². The summed E-state index contributed by atoms with van der Waals surface area (Å²) in [5.41, 5.74) is -0.548. The Labute approximate surface area is 114 Å². The second kappa shape index (κ2) is 6.75. The van der Waals surface area contributed by atoms with Gasteiger partial charge < -0.3 is 19.1 Å². The molecule has 0 N–H and O–H groups in total. The van der Waals surface area contributed by atoms with Crippen LogP contribution < -0.4 is 0 Å². The van der Waals surface area contributed by atoms with Gasteiger partial charge in [0.1, 0.15) is 5.60 Å². The van der Waals surface area contributed by atoms with Gasteiger partial charge in [-0.3, -0.25) is 0 Å². The molecule has 6 heteroatoms. The van der Waals surface area contributed by atoms with Gasteiger partial charge in [-0.25, -0.2) is 9.59 Å². The zero-order chi connectivity index (χ0) is 14.5. The molecule has 0 saturated carbocycles. The molecule has 0 spiro atoms. The fraction of sp³-hybridized carbons (Fsp3) is 0.846. The maximum atomic E-state index is 11.9. The fourth-order valence-corrected chi connectivity index (χ4v) is 1.58. The number of hydrogen-bond acceptors (Lipinski definition) is 5. The summed E-state index contributed by atoms with van der Waals surface area (Å²) in [6.45, 7) is 8.61. The minimum absolute atomic E-state index is 0.178. The molecule has 1 amide bonds. The molecule has 0 radical (unpaired) electrons. The van der Waals surface area contributed by atoms with Gasteiger partial charge in [-0.15, -0.1) is 0 Å². The molecule has 6 nitrogen and oxygen atoms in total. The Morgan fingerprint density at radius 3 is 2.63 bits per heavy atom. The lowest BCUT2D eigenvalue weighted by molar-refractivity contribution is -0.162. The first-order chi connectivity index (χ1) is 8.83. The Hall–Kier alpha value is -1.30. The lowest BCUT2D eigenvalue weighted by atomic mass is 10.2. The minimum atomic E-state index is -0.715. The minimum Gasteiger partial charge on any atom is -0.464 e. The van der Waals surface area contributed by atoms with Gasteiger partial charge in [0.15, 0.2) is 6.10 Å². The van der Waals surface area contributed by atoms with Crippen molar-refractivity contribution in [3.8, 4) is 0 Å². The Bertz CT molecular complexity index is 323. The Balaban J connectivity index is 2.50. The van der Waals surface area contributed by atoms with Crippen molar-refractivity contribution in [2.75, 3.05) is 26.3 Å². The van der Waals surface area contributed by atoms with E-state index in [2.05, 4.69) is 0 Å². The summed E-state index contributed by atoms with van der Waals surface area (Å²) in [5.74, 6) is -0.421. The highest BCUT2D eigenvalue weighted by atomic mass is 16.6. The molecule has 0 aromatic carbocycles. The van der Waals surface area contributed by atoms with E-state index in [4.69, 9.17) is 14.2 Å². The summed E-state index contributed by atoms with van der Waals surface area (Å²) in [6, 6.07) is 0. The predicted octanol–water partition coefficient (Wildman–Crippen LogP) is 1.58. The van der Waals surface area contributed by atoms with Gasteiger partial charge >= 0.3 is 12.1 Å². The van der Waals surface area contributed by atoms with Gasteiger partial charge in [0, 0.05) is 6.54 Å². The molecule has 0 aliphatic carbocycles. The van der Waals surface area contributed by atoms with Crippen molar-refractivity contribution in [1.29, 1.82) is 0 Å². The Morgan fingerprint density at radius 2 is 2.05 bits per heavy atom. The molecule has 0 aromatic rings. The highest BCUT2D eigenvalue weighted by molar-refractivity contribution is 5.76. The van der Waals surface area contributed by atoms with Crippen LogP contribution in [0, 0.1) is 0 Å². The third-order valence-electron chi connectivity index (χ3n) is 2.43. The smallest absolute Gasteiger partial charge is 0.410 e. The number of carbonyl (C=O) groups excluding carboxylic acids is 2. The van der Waals surface area contributed by atoms with E-state index < -0.39 is 23.8 Å². The SMILES string of the molecule is CCCOC(=O)C1CN(C(=O)OC(C)(C)C)CCO1. The zero-order valence-corrected chi connectivity index (χ0v) is 12.1. The first kappa shape index (κ1) is 15.8. The molecule has 1 rings (SSSR count). The average molecular weight is 273 g/mol. The van der Waals surface area contributed by atoms with Crippen LogP contribution in [0.5, 0.6) is 0 Å². The van der Waals surface area contributed by atoms with Crippen LogP contribution in [0.1, 0.15) is 34.1 Å². The van der Waals surface area contributed by atoms with Crippen LogP contribution in [-0.2, 0) is 19.0 Å². The van der Waals surface area contributed by atoms with Crippen LogP contribution in [0.3, 0.4) is 0 Å². The van der Waals surface area contributed by atoms with E-state index in [0.29, 0.717) is 19.8 Å². The molecular formula is C13H23NO5. The summed E-state index contributed by atoms with van der Waals surface area (Å²) < 4.78 is 15.6. The molecule has 110 valence electrons. The third kappa shape index (κ3) is 5.46. The molecular weight excluding hydrogens is 250 g/mol. The van der Waals surface area contributed by atoms with Crippen molar-refractivity contribution in [2.24, 2.45) is 0 Å². The molecule has 0 bridgehead atoms. The molecule has 1 aliphatic rings. The quantitative estimate of drug-likeness (QED) is 0.730. The number of esters is 1. The monoisotopic (exact) mass is 273 g/mol. The summed E-state index contributed by atoms with van der Waals surface area (Å²) in [4.78, 5) is 25.1. The van der Waals surface area contributed by atoms with Gasteiger partial charge in [-0.05, 0) is 27.2 Å². The van der Waals surface area contributed by atoms with Crippen LogP contribution in [0.25, 0.3) is 0 Å². The van der Waals surface area contributed by atoms with Crippen molar-refractivity contribution in [3.63, 3.8) is 0 Å².